The molecule has 0 spiro atoms. The fraction of sp³-hybridized carbons (Fsp3) is 0.176. The van der Waals surface area contributed by atoms with Gasteiger partial charge in [0.25, 0.3) is 0 Å². The smallest absolute Gasteiger partial charge is 0.169 e. The van der Waals surface area contributed by atoms with Gasteiger partial charge in [-0.25, -0.2) is 9.37 Å². The van der Waals surface area contributed by atoms with Crippen molar-refractivity contribution in [1.29, 1.82) is 5.26 Å². The van der Waals surface area contributed by atoms with Crippen LogP contribution in [0.5, 0.6) is 0 Å². The highest BCUT2D eigenvalue weighted by atomic mass is 19.1. The van der Waals surface area contributed by atoms with E-state index < -0.39 is 6.10 Å². The monoisotopic (exact) mass is 310 g/mol. The summed E-state index contributed by atoms with van der Waals surface area (Å²) in [5.41, 5.74) is 1.69. The van der Waals surface area contributed by atoms with Crippen LogP contribution in [0.1, 0.15) is 17.4 Å². The Hall–Kier alpha value is -2.91. The molecule has 2 heterocycles. The molecule has 0 bridgehead atoms. The molecular formula is C17H15FN4O. The van der Waals surface area contributed by atoms with Gasteiger partial charge in [-0.05, 0) is 29.8 Å². The lowest BCUT2D eigenvalue weighted by molar-refractivity contribution is 0.184. The minimum atomic E-state index is -0.808. The highest BCUT2D eigenvalue weighted by molar-refractivity contribution is 5.60. The summed E-state index contributed by atoms with van der Waals surface area (Å²) in [5.74, 6) is 0.154. The first-order valence-corrected chi connectivity index (χ1v) is 7.12. The second-order valence-electron chi connectivity index (χ2n) is 5.27. The Bertz CT molecular complexity index is 866. The Morgan fingerprint density at radius 3 is 2.74 bits per heavy atom. The number of halogens is 1. The molecule has 0 amide bonds. The molecule has 1 atom stereocenters. The number of benzene rings is 1. The van der Waals surface area contributed by atoms with E-state index in [0.29, 0.717) is 22.7 Å². The van der Waals surface area contributed by atoms with Gasteiger partial charge in [0.05, 0.1) is 6.10 Å². The SMILES string of the molecule is CN(CC(O)c1ccc(F)cc1)c1nc2ccccn2c1C#N. The third kappa shape index (κ3) is 2.87. The van der Waals surface area contributed by atoms with Crippen molar-refractivity contribution >= 4 is 11.5 Å². The third-order valence-electron chi connectivity index (χ3n) is 3.68. The van der Waals surface area contributed by atoms with Crippen LogP contribution in [0.3, 0.4) is 0 Å². The minimum absolute atomic E-state index is 0.240. The predicted molar refractivity (Wildman–Crippen MR) is 84.5 cm³/mol. The molecule has 0 saturated carbocycles. The lowest BCUT2D eigenvalue weighted by atomic mass is 10.1. The maximum Gasteiger partial charge on any atom is 0.169 e. The summed E-state index contributed by atoms with van der Waals surface area (Å²) in [4.78, 5) is 6.16. The zero-order chi connectivity index (χ0) is 16.4. The molecule has 116 valence electrons. The van der Waals surface area contributed by atoms with Crippen LogP contribution >= 0.6 is 0 Å². The molecule has 3 rings (SSSR count). The van der Waals surface area contributed by atoms with Crippen LogP contribution in [-0.2, 0) is 0 Å². The molecule has 0 radical (unpaired) electrons. The zero-order valence-electron chi connectivity index (χ0n) is 12.5. The van der Waals surface area contributed by atoms with Gasteiger partial charge < -0.3 is 10.0 Å². The van der Waals surface area contributed by atoms with E-state index in [4.69, 9.17) is 0 Å². The Morgan fingerprint density at radius 2 is 2.04 bits per heavy atom. The van der Waals surface area contributed by atoms with Crippen molar-refractivity contribution in [3.8, 4) is 6.07 Å². The fourth-order valence-corrected chi connectivity index (χ4v) is 2.49. The quantitative estimate of drug-likeness (QED) is 0.804. The van der Waals surface area contributed by atoms with Gasteiger partial charge in [0.15, 0.2) is 11.5 Å². The molecule has 23 heavy (non-hydrogen) atoms. The molecule has 0 saturated heterocycles. The molecular weight excluding hydrogens is 295 g/mol. The first-order chi connectivity index (χ1) is 11.1. The summed E-state index contributed by atoms with van der Waals surface area (Å²) in [6.07, 6.45) is 0.964. The number of pyridine rings is 1. The Balaban J connectivity index is 1.87. The maximum atomic E-state index is 13.0. The molecule has 1 N–H and O–H groups in total. The number of rotatable bonds is 4. The van der Waals surface area contributed by atoms with Gasteiger partial charge in [-0.1, -0.05) is 18.2 Å². The number of nitriles is 1. The normalized spacial score (nSPS) is 12.1. The second-order valence-corrected chi connectivity index (χ2v) is 5.27. The average Bonchev–Trinajstić information content (AvgIpc) is 2.94. The first-order valence-electron chi connectivity index (χ1n) is 7.12. The topological polar surface area (TPSA) is 64.6 Å². The number of hydrogen-bond acceptors (Lipinski definition) is 4. The number of fused-ring (bicyclic) bond motifs is 1. The molecule has 0 fully saturated rings. The van der Waals surface area contributed by atoms with E-state index in [1.807, 2.05) is 18.2 Å². The van der Waals surface area contributed by atoms with E-state index in [9.17, 15) is 14.8 Å². The van der Waals surface area contributed by atoms with Gasteiger partial charge in [-0.15, -0.1) is 0 Å². The molecule has 0 aliphatic rings. The van der Waals surface area contributed by atoms with Gasteiger partial charge in [0.1, 0.15) is 17.5 Å². The summed E-state index contributed by atoms with van der Waals surface area (Å²) >= 11 is 0. The highest BCUT2D eigenvalue weighted by Crippen LogP contribution is 2.23. The number of hydrogen-bond donors (Lipinski definition) is 1. The van der Waals surface area contributed by atoms with Crippen molar-refractivity contribution in [2.75, 3.05) is 18.5 Å². The predicted octanol–water partition coefficient (Wildman–Crippen LogP) is 2.51. The van der Waals surface area contributed by atoms with Gasteiger partial charge >= 0.3 is 0 Å². The number of anilines is 1. The van der Waals surface area contributed by atoms with Crippen molar-refractivity contribution in [3.63, 3.8) is 0 Å². The highest BCUT2D eigenvalue weighted by Gasteiger charge is 2.18. The number of imidazole rings is 1. The van der Waals surface area contributed by atoms with E-state index in [1.54, 1.807) is 34.7 Å². The van der Waals surface area contributed by atoms with E-state index in [1.165, 1.54) is 12.1 Å². The zero-order valence-corrected chi connectivity index (χ0v) is 12.5. The Kier molecular flexibility index (Phi) is 3.96. The Morgan fingerprint density at radius 1 is 1.30 bits per heavy atom. The lowest BCUT2D eigenvalue weighted by Crippen LogP contribution is -2.25. The minimum Gasteiger partial charge on any atom is -0.387 e. The number of aliphatic hydroxyl groups is 1. The maximum absolute atomic E-state index is 13.0. The van der Waals surface area contributed by atoms with Crippen molar-refractivity contribution in [1.82, 2.24) is 9.38 Å². The van der Waals surface area contributed by atoms with Crippen molar-refractivity contribution in [2.45, 2.75) is 6.10 Å². The van der Waals surface area contributed by atoms with E-state index in [-0.39, 0.29) is 12.4 Å². The van der Waals surface area contributed by atoms with Crippen LogP contribution in [0, 0.1) is 17.1 Å². The largest absolute Gasteiger partial charge is 0.387 e. The molecule has 0 aliphatic heterocycles. The van der Waals surface area contributed by atoms with E-state index >= 15 is 0 Å². The fourth-order valence-electron chi connectivity index (χ4n) is 2.49. The number of nitrogens with zero attached hydrogens (tertiary/aromatic N) is 4. The number of aliphatic hydroxyl groups excluding tert-OH is 1. The van der Waals surface area contributed by atoms with E-state index in [2.05, 4.69) is 11.1 Å². The summed E-state index contributed by atoms with van der Waals surface area (Å²) in [7, 11) is 1.76. The number of aromatic nitrogens is 2. The molecule has 5 nitrogen and oxygen atoms in total. The van der Waals surface area contributed by atoms with Crippen LogP contribution in [0.4, 0.5) is 10.2 Å². The first kappa shape index (κ1) is 15.0. The summed E-state index contributed by atoms with van der Waals surface area (Å²) in [6, 6.07) is 13.3. The molecule has 3 aromatic rings. The lowest BCUT2D eigenvalue weighted by Gasteiger charge is -2.21. The summed E-state index contributed by atoms with van der Waals surface area (Å²) in [5, 5.41) is 19.7. The molecule has 1 unspecified atom stereocenters. The van der Waals surface area contributed by atoms with Crippen LogP contribution in [0.25, 0.3) is 5.65 Å². The van der Waals surface area contributed by atoms with Crippen LogP contribution in [0.2, 0.25) is 0 Å². The third-order valence-corrected chi connectivity index (χ3v) is 3.68. The van der Waals surface area contributed by atoms with Crippen LogP contribution in [0.15, 0.2) is 48.7 Å². The molecule has 1 aromatic carbocycles. The molecule has 2 aromatic heterocycles. The molecule has 0 aliphatic carbocycles. The number of likely N-dealkylation sites (N-methyl/N-ethyl adjacent to an activating group) is 1. The van der Waals surface area contributed by atoms with Crippen molar-refractivity contribution in [3.05, 3.63) is 65.7 Å². The summed E-state index contributed by atoms with van der Waals surface area (Å²) in [6.45, 7) is 0.240. The van der Waals surface area contributed by atoms with Gasteiger partial charge in [-0.2, -0.15) is 5.26 Å². The second kappa shape index (κ2) is 6.07. The van der Waals surface area contributed by atoms with Crippen molar-refractivity contribution in [2.24, 2.45) is 0 Å². The van der Waals surface area contributed by atoms with Gasteiger partial charge in [-0.3, -0.25) is 4.40 Å². The Labute approximate surface area is 132 Å². The van der Waals surface area contributed by atoms with Crippen LogP contribution in [-0.4, -0.2) is 28.1 Å². The van der Waals surface area contributed by atoms with Gasteiger partial charge in [0.2, 0.25) is 0 Å². The summed E-state index contributed by atoms with van der Waals surface area (Å²) < 4.78 is 14.7. The van der Waals surface area contributed by atoms with E-state index in [0.717, 1.165) is 0 Å². The van der Waals surface area contributed by atoms with Crippen molar-refractivity contribution < 1.29 is 9.50 Å². The van der Waals surface area contributed by atoms with Crippen LogP contribution < -0.4 is 4.90 Å². The van der Waals surface area contributed by atoms with Gasteiger partial charge in [0, 0.05) is 19.8 Å². The average molecular weight is 310 g/mol. The standard InChI is InChI=1S/C17H15FN4O/c1-21(11-15(23)12-5-7-13(18)8-6-12)17-14(10-19)22-9-3-2-4-16(22)20-17/h2-9,15,23H,11H2,1H3. The molecule has 6 heteroatoms.